The van der Waals surface area contributed by atoms with Gasteiger partial charge < -0.3 is 10.5 Å². The van der Waals surface area contributed by atoms with Gasteiger partial charge in [0.05, 0.1) is 11.5 Å². The molecule has 0 saturated heterocycles. The minimum absolute atomic E-state index is 0.123. The van der Waals surface area contributed by atoms with Crippen LogP contribution in [-0.2, 0) is 19.4 Å². The van der Waals surface area contributed by atoms with Crippen LogP contribution in [0.25, 0.3) is 0 Å². The van der Waals surface area contributed by atoms with Crippen LogP contribution in [0.1, 0.15) is 18.4 Å². The summed E-state index contributed by atoms with van der Waals surface area (Å²) < 4.78 is 31.2. The fourth-order valence-electron chi connectivity index (χ4n) is 3.22. The summed E-state index contributed by atoms with van der Waals surface area (Å²) in [4.78, 5) is 12.6. The van der Waals surface area contributed by atoms with Crippen molar-refractivity contribution in [3.63, 3.8) is 0 Å². The number of carbonyl (C=O) groups is 1. The van der Waals surface area contributed by atoms with Crippen LogP contribution in [0.15, 0.2) is 59.5 Å². The van der Waals surface area contributed by atoms with E-state index in [1.165, 1.54) is 12.1 Å². The molecule has 3 rings (SSSR count). The van der Waals surface area contributed by atoms with Crippen LogP contribution >= 0.6 is 11.6 Å². The molecule has 0 bridgehead atoms. The lowest BCUT2D eigenvalue weighted by molar-refractivity contribution is -0.145. The van der Waals surface area contributed by atoms with Crippen LogP contribution < -0.4 is 5.73 Å². The number of esters is 1. The number of sulfone groups is 1. The molecule has 3 atom stereocenters. The Morgan fingerprint density at radius 1 is 1.20 bits per heavy atom. The summed E-state index contributed by atoms with van der Waals surface area (Å²) in [7, 11) is -3.82. The summed E-state index contributed by atoms with van der Waals surface area (Å²) in [5, 5.41) is -0.647. The summed E-state index contributed by atoms with van der Waals surface area (Å²) in [5.74, 6) is -1.43. The van der Waals surface area contributed by atoms with Crippen LogP contribution in [0, 0.1) is 0 Å². The highest BCUT2D eigenvalue weighted by Crippen LogP contribution is 2.56. The van der Waals surface area contributed by atoms with Gasteiger partial charge in [0.25, 0.3) is 0 Å². The summed E-state index contributed by atoms with van der Waals surface area (Å²) in [5.41, 5.74) is 5.25. The number of rotatable bonds is 5. The molecule has 1 fully saturated rings. The molecule has 5 nitrogen and oxygen atoms in total. The molecule has 1 saturated carbocycles. The zero-order chi connectivity index (χ0) is 18.2. The molecular formula is C18H18ClNO4S. The van der Waals surface area contributed by atoms with Gasteiger partial charge in [-0.05, 0) is 36.8 Å². The Hall–Kier alpha value is -1.89. The minimum atomic E-state index is -3.82. The number of halogens is 1. The van der Waals surface area contributed by atoms with Crippen molar-refractivity contribution < 1.29 is 17.9 Å². The quantitative estimate of drug-likeness (QED) is 0.807. The molecule has 0 spiro atoms. The molecule has 7 heteroatoms. The highest BCUT2D eigenvalue weighted by Gasteiger charge is 2.74. The maximum Gasteiger partial charge on any atom is 0.328 e. The fraction of sp³-hybridized carbons (Fsp3) is 0.278. The minimum Gasteiger partial charge on any atom is -0.465 e. The zero-order valence-corrected chi connectivity index (χ0v) is 15.1. The van der Waals surface area contributed by atoms with Gasteiger partial charge in [-0.15, -0.1) is 0 Å². The molecule has 132 valence electrons. The molecule has 0 unspecified atom stereocenters. The lowest BCUT2D eigenvalue weighted by Gasteiger charge is -2.11. The van der Waals surface area contributed by atoms with E-state index in [2.05, 4.69) is 0 Å². The number of nitrogens with two attached hydrogens (primary N) is 1. The molecule has 0 heterocycles. The van der Waals surface area contributed by atoms with Crippen molar-refractivity contribution >= 4 is 27.4 Å². The predicted molar refractivity (Wildman–Crippen MR) is 95.2 cm³/mol. The van der Waals surface area contributed by atoms with Gasteiger partial charge >= 0.3 is 5.97 Å². The van der Waals surface area contributed by atoms with Crippen LogP contribution in [0.5, 0.6) is 0 Å². The molecule has 2 aromatic carbocycles. The van der Waals surface area contributed by atoms with Crippen LogP contribution in [0.3, 0.4) is 0 Å². The number of ether oxygens (including phenoxy) is 1. The third kappa shape index (κ3) is 2.94. The standard InChI is InChI=1S/C18H18ClNO4S/c1-2-24-17(21)18(20)15(12-7-6-8-13(19)11-12)16(18)25(22,23)14-9-4-3-5-10-14/h3-11,15-16H,2,20H2,1H3/t15-,16-,18-/m0/s1. The number of hydrogen-bond acceptors (Lipinski definition) is 5. The van der Waals surface area contributed by atoms with Crippen LogP contribution in [-0.4, -0.2) is 31.8 Å². The first-order valence-corrected chi connectivity index (χ1v) is 9.76. The van der Waals surface area contributed by atoms with Gasteiger partial charge in [-0.1, -0.05) is 41.9 Å². The molecule has 0 aliphatic heterocycles. The third-order valence-corrected chi connectivity index (χ3v) is 6.92. The smallest absolute Gasteiger partial charge is 0.328 e. The number of carbonyl (C=O) groups excluding carboxylic acids is 1. The van der Waals surface area contributed by atoms with E-state index in [9.17, 15) is 13.2 Å². The van der Waals surface area contributed by atoms with E-state index in [-0.39, 0.29) is 11.5 Å². The SMILES string of the molecule is CCOC(=O)[C@]1(N)[C@@H](c2cccc(Cl)c2)[C@@H]1S(=O)(=O)c1ccccc1. The predicted octanol–water partition coefficient (Wildman–Crippen LogP) is 2.54. The van der Waals surface area contributed by atoms with Gasteiger partial charge in [0, 0.05) is 10.9 Å². The first-order valence-electron chi connectivity index (χ1n) is 7.84. The average molecular weight is 380 g/mol. The van der Waals surface area contributed by atoms with Gasteiger partial charge in [-0.2, -0.15) is 0 Å². The first kappa shape index (κ1) is 17.9. The molecule has 25 heavy (non-hydrogen) atoms. The molecule has 2 aromatic rings. The Morgan fingerprint density at radius 2 is 1.88 bits per heavy atom. The van der Waals surface area contributed by atoms with Gasteiger partial charge in [0.1, 0.15) is 10.8 Å². The van der Waals surface area contributed by atoms with Crippen molar-refractivity contribution in [3.05, 3.63) is 65.2 Å². The van der Waals surface area contributed by atoms with E-state index >= 15 is 0 Å². The van der Waals surface area contributed by atoms with Crippen molar-refractivity contribution in [2.45, 2.75) is 28.5 Å². The summed E-state index contributed by atoms with van der Waals surface area (Å²) in [6.07, 6.45) is 0. The average Bonchev–Trinajstić information content (AvgIpc) is 3.24. The highest BCUT2D eigenvalue weighted by atomic mass is 35.5. The lowest BCUT2D eigenvalue weighted by Crippen LogP contribution is -2.41. The van der Waals surface area contributed by atoms with E-state index in [0.717, 1.165) is 0 Å². The maximum atomic E-state index is 13.1. The van der Waals surface area contributed by atoms with Gasteiger partial charge in [0.15, 0.2) is 9.84 Å². The Labute approximate surface area is 151 Å². The monoisotopic (exact) mass is 379 g/mol. The topological polar surface area (TPSA) is 86.5 Å². The fourth-order valence-corrected chi connectivity index (χ4v) is 5.66. The largest absolute Gasteiger partial charge is 0.465 e. The van der Waals surface area contributed by atoms with Crippen molar-refractivity contribution in [1.29, 1.82) is 0 Å². The van der Waals surface area contributed by atoms with Gasteiger partial charge in [0.2, 0.25) is 0 Å². The van der Waals surface area contributed by atoms with E-state index < -0.39 is 32.5 Å². The Balaban J connectivity index is 2.08. The highest BCUT2D eigenvalue weighted by molar-refractivity contribution is 7.92. The van der Waals surface area contributed by atoms with E-state index in [0.29, 0.717) is 10.6 Å². The Morgan fingerprint density at radius 3 is 2.48 bits per heavy atom. The molecular weight excluding hydrogens is 362 g/mol. The summed E-state index contributed by atoms with van der Waals surface area (Å²) in [6, 6.07) is 14.7. The van der Waals surface area contributed by atoms with E-state index in [4.69, 9.17) is 22.1 Å². The normalized spacial score (nSPS) is 25.4. The summed E-state index contributed by atoms with van der Waals surface area (Å²) >= 11 is 6.02. The first-order chi connectivity index (χ1) is 11.8. The zero-order valence-electron chi connectivity index (χ0n) is 13.6. The van der Waals surface area contributed by atoms with Crippen LogP contribution in [0.2, 0.25) is 5.02 Å². The van der Waals surface area contributed by atoms with Gasteiger partial charge in [-0.3, -0.25) is 0 Å². The van der Waals surface area contributed by atoms with Crippen molar-refractivity contribution in [1.82, 2.24) is 0 Å². The molecule has 1 aliphatic rings. The van der Waals surface area contributed by atoms with Crippen molar-refractivity contribution in [2.75, 3.05) is 6.61 Å². The number of benzene rings is 2. The van der Waals surface area contributed by atoms with E-state index in [1.54, 1.807) is 49.4 Å². The van der Waals surface area contributed by atoms with Crippen molar-refractivity contribution in [3.8, 4) is 0 Å². The molecule has 0 radical (unpaired) electrons. The second-order valence-corrected chi connectivity index (χ2v) is 8.47. The second-order valence-electron chi connectivity index (χ2n) is 5.96. The molecule has 1 aliphatic carbocycles. The second kappa shape index (κ2) is 6.44. The Kier molecular flexibility index (Phi) is 4.62. The van der Waals surface area contributed by atoms with Gasteiger partial charge in [-0.25, -0.2) is 13.2 Å². The third-order valence-electron chi connectivity index (χ3n) is 4.42. The lowest BCUT2D eigenvalue weighted by atomic mass is 10.1. The molecule has 2 N–H and O–H groups in total. The van der Waals surface area contributed by atoms with Crippen LogP contribution in [0.4, 0.5) is 0 Å². The molecule has 0 aromatic heterocycles. The summed E-state index contributed by atoms with van der Waals surface area (Å²) in [6.45, 7) is 1.77. The van der Waals surface area contributed by atoms with E-state index in [1.807, 2.05) is 0 Å². The maximum absolute atomic E-state index is 13.1. The van der Waals surface area contributed by atoms with Crippen molar-refractivity contribution in [2.24, 2.45) is 5.73 Å². The Bertz CT molecular complexity index is 900. The number of hydrogen-bond donors (Lipinski definition) is 1. The molecule has 0 amide bonds.